The van der Waals surface area contributed by atoms with E-state index in [1.54, 1.807) is 18.2 Å². The fourth-order valence-corrected chi connectivity index (χ4v) is 1.20. The van der Waals surface area contributed by atoms with Crippen LogP contribution >= 0.6 is 0 Å². The molecule has 0 aliphatic heterocycles. The summed E-state index contributed by atoms with van der Waals surface area (Å²) in [6, 6.07) is 4.95. The fourth-order valence-electron chi connectivity index (χ4n) is 0.865. The third kappa shape index (κ3) is 3.82. The van der Waals surface area contributed by atoms with Crippen LogP contribution in [0, 0.1) is 0 Å². The van der Waals surface area contributed by atoms with Gasteiger partial charge in [0.2, 0.25) is 0 Å². The van der Waals surface area contributed by atoms with E-state index in [2.05, 4.69) is 9.17 Å². The molecule has 0 atom stereocenters. The summed E-state index contributed by atoms with van der Waals surface area (Å²) in [4.78, 5) is 3.95. The lowest BCUT2D eigenvalue weighted by Crippen LogP contribution is -2.04. The molecule has 0 radical (unpaired) electrons. The van der Waals surface area contributed by atoms with Crippen LogP contribution in [-0.2, 0) is 27.5 Å². The van der Waals surface area contributed by atoms with Gasteiger partial charge < -0.3 is 5.11 Å². The van der Waals surface area contributed by atoms with Crippen molar-refractivity contribution in [2.45, 2.75) is 13.2 Å². The largest absolute Gasteiger partial charge is 0.390 e. The molecule has 0 unspecified atom stereocenters. The molecule has 78 valence electrons. The number of rotatable bonds is 4. The quantitative estimate of drug-likeness (QED) is 0.721. The Bertz CT molecular complexity index is 402. The number of aromatic nitrogens is 1. The first-order chi connectivity index (χ1) is 6.51. The Labute approximate surface area is 82.5 Å². The molecule has 0 saturated carbocycles. The summed E-state index contributed by atoms with van der Waals surface area (Å²) in [7, 11) is -3.44. The second-order valence-electron chi connectivity index (χ2n) is 2.74. The Balaban J connectivity index is 2.68. The molecule has 0 bridgehead atoms. The lowest BCUT2D eigenvalue weighted by molar-refractivity contribution is 0.273. The number of aliphatic hydroxyl groups excluding tert-OH is 1. The number of aliphatic hydroxyl groups is 1. The van der Waals surface area contributed by atoms with Gasteiger partial charge in [-0.05, 0) is 12.1 Å². The first-order valence-electron chi connectivity index (χ1n) is 3.91. The van der Waals surface area contributed by atoms with Gasteiger partial charge in [-0.1, -0.05) is 6.07 Å². The summed E-state index contributed by atoms with van der Waals surface area (Å²) in [5.41, 5.74) is 0.960. The molecule has 1 aromatic heterocycles. The van der Waals surface area contributed by atoms with Crippen LogP contribution in [0.2, 0.25) is 0 Å². The predicted octanol–water partition coefficient (Wildman–Crippen LogP) is 0.0501. The number of pyridine rings is 1. The van der Waals surface area contributed by atoms with Crippen LogP contribution in [0.25, 0.3) is 0 Å². The summed E-state index contributed by atoms with van der Waals surface area (Å²) in [6.07, 6.45) is 0.975. The van der Waals surface area contributed by atoms with Crippen LogP contribution < -0.4 is 0 Å². The smallest absolute Gasteiger partial charge is 0.264 e. The second kappa shape index (κ2) is 4.50. The molecule has 0 saturated heterocycles. The first-order valence-corrected chi connectivity index (χ1v) is 5.73. The van der Waals surface area contributed by atoms with Gasteiger partial charge in [-0.25, -0.2) is 0 Å². The Kier molecular flexibility index (Phi) is 3.56. The van der Waals surface area contributed by atoms with Crippen molar-refractivity contribution < 1.29 is 17.7 Å². The first kappa shape index (κ1) is 11.1. The summed E-state index contributed by atoms with van der Waals surface area (Å²) in [5.74, 6) is 0. The van der Waals surface area contributed by atoms with E-state index in [1.165, 1.54) is 0 Å². The summed E-state index contributed by atoms with van der Waals surface area (Å²) >= 11 is 0. The van der Waals surface area contributed by atoms with E-state index >= 15 is 0 Å². The molecule has 0 amide bonds. The molecule has 5 nitrogen and oxygen atoms in total. The van der Waals surface area contributed by atoms with Crippen molar-refractivity contribution in [3.63, 3.8) is 0 Å². The Morgan fingerprint density at radius 2 is 2.07 bits per heavy atom. The van der Waals surface area contributed by atoms with Gasteiger partial charge in [0, 0.05) is 0 Å². The fraction of sp³-hybridized carbons (Fsp3) is 0.375. The highest BCUT2D eigenvalue weighted by molar-refractivity contribution is 7.85. The van der Waals surface area contributed by atoms with E-state index < -0.39 is 10.1 Å². The molecule has 0 aliphatic carbocycles. The topological polar surface area (TPSA) is 76.5 Å². The van der Waals surface area contributed by atoms with Gasteiger partial charge in [0.1, 0.15) is 6.61 Å². The highest BCUT2D eigenvalue weighted by Crippen LogP contribution is 2.02. The zero-order chi connectivity index (χ0) is 10.6. The van der Waals surface area contributed by atoms with E-state index in [1.807, 2.05) is 0 Å². The Morgan fingerprint density at radius 1 is 1.43 bits per heavy atom. The molecule has 1 aromatic rings. The molecule has 0 aliphatic rings. The molecule has 14 heavy (non-hydrogen) atoms. The van der Waals surface area contributed by atoms with E-state index in [0.29, 0.717) is 11.4 Å². The maximum Gasteiger partial charge on any atom is 0.264 e. The minimum Gasteiger partial charge on any atom is -0.390 e. The van der Waals surface area contributed by atoms with Crippen LogP contribution in [0.4, 0.5) is 0 Å². The van der Waals surface area contributed by atoms with Crippen molar-refractivity contribution in [1.82, 2.24) is 4.98 Å². The Hall–Kier alpha value is -0.980. The Morgan fingerprint density at radius 3 is 2.64 bits per heavy atom. The van der Waals surface area contributed by atoms with Gasteiger partial charge >= 0.3 is 0 Å². The van der Waals surface area contributed by atoms with Crippen LogP contribution in [0.15, 0.2) is 18.2 Å². The average Bonchev–Trinajstić information content (AvgIpc) is 2.14. The maximum atomic E-state index is 10.7. The third-order valence-electron chi connectivity index (χ3n) is 1.45. The van der Waals surface area contributed by atoms with Gasteiger partial charge in [-0.2, -0.15) is 8.42 Å². The van der Waals surface area contributed by atoms with Crippen LogP contribution in [0.5, 0.6) is 0 Å². The highest BCUT2D eigenvalue weighted by Gasteiger charge is 2.03. The maximum absolute atomic E-state index is 10.7. The number of hydrogen-bond acceptors (Lipinski definition) is 5. The monoisotopic (exact) mass is 217 g/mol. The molecule has 1 N–H and O–H groups in total. The van der Waals surface area contributed by atoms with E-state index in [9.17, 15) is 8.42 Å². The van der Waals surface area contributed by atoms with Crippen molar-refractivity contribution in [3.05, 3.63) is 29.6 Å². The summed E-state index contributed by atoms with van der Waals surface area (Å²) in [5, 5.41) is 8.77. The molecule has 1 heterocycles. The van der Waals surface area contributed by atoms with Crippen LogP contribution in [0.1, 0.15) is 11.4 Å². The van der Waals surface area contributed by atoms with Crippen molar-refractivity contribution in [2.24, 2.45) is 0 Å². The second-order valence-corrected chi connectivity index (χ2v) is 4.39. The van der Waals surface area contributed by atoms with Gasteiger partial charge in [0.05, 0.1) is 24.3 Å². The molecular weight excluding hydrogens is 206 g/mol. The molecular formula is C8H11NO4S. The summed E-state index contributed by atoms with van der Waals surface area (Å²) < 4.78 is 25.9. The van der Waals surface area contributed by atoms with E-state index in [-0.39, 0.29) is 13.2 Å². The van der Waals surface area contributed by atoms with Crippen molar-refractivity contribution in [3.8, 4) is 0 Å². The number of nitrogens with zero attached hydrogens (tertiary/aromatic N) is 1. The SMILES string of the molecule is CS(=O)(=O)OCc1cccc(CO)n1. The van der Waals surface area contributed by atoms with Crippen LogP contribution in [-0.4, -0.2) is 24.8 Å². The van der Waals surface area contributed by atoms with Gasteiger partial charge in [0.25, 0.3) is 10.1 Å². The van der Waals surface area contributed by atoms with Crippen molar-refractivity contribution >= 4 is 10.1 Å². The van der Waals surface area contributed by atoms with E-state index in [0.717, 1.165) is 6.26 Å². The van der Waals surface area contributed by atoms with Gasteiger partial charge in [-0.15, -0.1) is 0 Å². The normalized spacial score (nSPS) is 11.6. The van der Waals surface area contributed by atoms with Crippen molar-refractivity contribution in [2.75, 3.05) is 6.26 Å². The lowest BCUT2D eigenvalue weighted by Gasteiger charge is -2.02. The zero-order valence-corrected chi connectivity index (χ0v) is 8.49. The lowest BCUT2D eigenvalue weighted by atomic mass is 10.3. The molecule has 1 rings (SSSR count). The molecule has 0 aromatic carbocycles. The highest BCUT2D eigenvalue weighted by atomic mass is 32.2. The van der Waals surface area contributed by atoms with Gasteiger partial charge in [-0.3, -0.25) is 9.17 Å². The van der Waals surface area contributed by atoms with Gasteiger partial charge in [0.15, 0.2) is 0 Å². The molecule has 0 fully saturated rings. The minimum atomic E-state index is -3.44. The zero-order valence-electron chi connectivity index (χ0n) is 7.67. The number of hydrogen-bond donors (Lipinski definition) is 1. The average molecular weight is 217 g/mol. The molecule has 6 heteroatoms. The third-order valence-corrected chi connectivity index (χ3v) is 1.99. The van der Waals surface area contributed by atoms with E-state index in [4.69, 9.17) is 5.11 Å². The van der Waals surface area contributed by atoms with Crippen molar-refractivity contribution in [1.29, 1.82) is 0 Å². The predicted molar refractivity (Wildman–Crippen MR) is 49.8 cm³/mol. The summed E-state index contributed by atoms with van der Waals surface area (Å²) in [6.45, 7) is -0.278. The minimum absolute atomic E-state index is 0.104. The molecule has 0 spiro atoms. The van der Waals surface area contributed by atoms with Crippen LogP contribution in [0.3, 0.4) is 0 Å². The standard InChI is InChI=1S/C8H11NO4S/c1-14(11,12)13-6-8-4-2-3-7(5-10)9-8/h2-4,10H,5-6H2,1H3.